The summed E-state index contributed by atoms with van der Waals surface area (Å²) in [6, 6.07) is 12.1. The third-order valence-corrected chi connectivity index (χ3v) is 6.65. The molecule has 34 heavy (non-hydrogen) atoms. The van der Waals surface area contributed by atoms with E-state index in [0.29, 0.717) is 42.1 Å². The molecule has 2 aromatic heterocycles. The van der Waals surface area contributed by atoms with Crippen LogP contribution in [0.25, 0.3) is 0 Å². The van der Waals surface area contributed by atoms with Crippen LogP contribution in [0.3, 0.4) is 0 Å². The van der Waals surface area contributed by atoms with E-state index in [0.717, 1.165) is 49.9 Å². The molecule has 4 rings (SSSR count). The molecule has 0 bridgehead atoms. The van der Waals surface area contributed by atoms with Crippen molar-refractivity contribution < 1.29 is 14.6 Å². The Labute approximate surface area is 203 Å². The first kappa shape index (κ1) is 24.1. The van der Waals surface area contributed by atoms with E-state index in [2.05, 4.69) is 42.2 Å². The van der Waals surface area contributed by atoms with Gasteiger partial charge in [0, 0.05) is 38.8 Å². The number of hydrogen-bond donors (Lipinski definition) is 2. The molecule has 0 aliphatic carbocycles. The molecule has 0 atom stereocenters. The van der Waals surface area contributed by atoms with Crippen LogP contribution in [0.2, 0.25) is 0 Å². The van der Waals surface area contributed by atoms with Gasteiger partial charge in [0.05, 0.1) is 18.9 Å². The summed E-state index contributed by atoms with van der Waals surface area (Å²) in [7, 11) is 0. The molecule has 0 radical (unpaired) electrons. The number of piperazine rings is 1. The molecule has 2 N–H and O–H groups in total. The number of thiazole rings is 1. The minimum atomic E-state index is -0.953. The lowest BCUT2D eigenvalue weighted by Crippen LogP contribution is -2.47. The SMILES string of the molecule is CCc1nc(Nc2cc(N3CCN(CCOCc4ccccc4)CC3)nc(C)n2)sc1C(=O)O. The van der Waals surface area contributed by atoms with Gasteiger partial charge in [0.15, 0.2) is 5.13 Å². The lowest BCUT2D eigenvalue weighted by Gasteiger charge is -2.35. The van der Waals surface area contributed by atoms with E-state index in [9.17, 15) is 9.90 Å². The topological polar surface area (TPSA) is 104 Å². The van der Waals surface area contributed by atoms with Crippen molar-refractivity contribution in [2.75, 3.05) is 49.5 Å². The highest BCUT2D eigenvalue weighted by atomic mass is 32.1. The van der Waals surface area contributed by atoms with Crippen molar-refractivity contribution in [1.82, 2.24) is 19.9 Å². The zero-order valence-electron chi connectivity index (χ0n) is 19.5. The summed E-state index contributed by atoms with van der Waals surface area (Å²) in [5.74, 6) is 1.18. The number of aryl methyl sites for hydroxylation is 2. The van der Waals surface area contributed by atoms with E-state index in [-0.39, 0.29) is 4.88 Å². The summed E-state index contributed by atoms with van der Waals surface area (Å²) in [6.07, 6.45) is 0.565. The first-order valence-electron chi connectivity index (χ1n) is 11.5. The van der Waals surface area contributed by atoms with E-state index >= 15 is 0 Å². The Morgan fingerprint density at radius 3 is 2.59 bits per heavy atom. The second-order valence-corrected chi connectivity index (χ2v) is 9.10. The number of aromatic carboxylic acids is 1. The van der Waals surface area contributed by atoms with Crippen LogP contribution in [0.1, 0.15) is 33.7 Å². The highest BCUT2D eigenvalue weighted by Gasteiger charge is 2.20. The van der Waals surface area contributed by atoms with E-state index in [1.807, 2.05) is 38.1 Å². The number of nitrogens with one attached hydrogen (secondary N) is 1. The Kier molecular flexibility index (Phi) is 8.04. The van der Waals surface area contributed by atoms with Crippen LogP contribution in [0.5, 0.6) is 0 Å². The Morgan fingerprint density at radius 2 is 1.91 bits per heavy atom. The molecule has 3 heterocycles. The minimum Gasteiger partial charge on any atom is -0.477 e. The van der Waals surface area contributed by atoms with Gasteiger partial charge in [-0.1, -0.05) is 48.6 Å². The number of carboxylic acid groups (broad SMARTS) is 1. The monoisotopic (exact) mass is 482 g/mol. The Morgan fingerprint density at radius 1 is 1.15 bits per heavy atom. The highest BCUT2D eigenvalue weighted by molar-refractivity contribution is 7.17. The summed E-state index contributed by atoms with van der Waals surface area (Å²) in [5.41, 5.74) is 1.77. The summed E-state index contributed by atoms with van der Waals surface area (Å²) < 4.78 is 5.83. The smallest absolute Gasteiger partial charge is 0.347 e. The number of ether oxygens (including phenoxy) is 1. The number of carbonyl (C=O) groups is 1. The van der Waals surface area contributed by atoms with Crippen molar-refractivity contribution in [3.05, 3.63) is 58.4 Å². The third kappa shape index (κ3) is 6.28. The predicted molar refractivity (Wildman–Crippen MR) is 133 cm³/mol. The highest BCUT2D eigenvalue weighted by Crippen LogP contribution is 2.27. The molecule has 9 nitrogen and oxygen atoms in total. The largest absolute Gasteiger partial charge is 0.477 e. The lowest BCUT2D eigenvalue weighted by molar-refractivity contribution is 0.0700. The van der Waals surface area contributed by atoms with E-state index in [4.69, 9.17) is 4.74 Å². The van der Waals surface area contributed by atoms with Crippen molar-refractivity contribution in [1.29, 1.82) is 0 Å². The molecule has 0 spiro atoms. The normalized spacial score (nSPS) is 14.4. The van der Waals surface area contributed by atoms with Crippen LogP contribution in [0.4, 0.5) is 16.8 Å². The summed E-state index contributed by atoms with van der Waals surface area (Å²) >= 11 is 1.13. The molecular weight excluding hydrogens is 452 g/mol. The van der Waals surface area contributed by atoms with Crippen LogP contribution in [-0.4, -0.2) is 70.3 Å². The molecule has 0 saturated carbocycles. The van der Waals surface area contributed by atoms with Gasteiger partial charge in [0.25, 0.3) is 0 Å². The zero-order valence-corrected chi connectivity index (χ0v) is 20.3. The number of anilines is 3. The zero-order chi connectivity index (χ0) is 23.9. The fraction of sp³-hybridized carbons (Fsp3) is 0.417. The van der Waals surface area contributed by atoms with Crippen molar-refractivity contribution in [2.45, 2.75) is 26.9 Å². The van der Waals surface area contributed by atoms with Gasteiger partial charge >= 0.3 is 5.97 Å². The minimum absolute atomic E-state index is 0.264. The maximum atomic E-state index is 11.4. The van der Waals surface area contributed by atoms with Crippen LogP contribution in [-0.2, 0) is 17.8 Å². The van der Waals surface area contributed by atoms with Crippen molar-refractivity contribution >= 4 is 34.1 Å². The second kappa shape index (κ2) is 11.4. The number of aromatic nitrogens is 3. The third-order valence-electron chi connectivity index (χ3n) is 5.65. The van der Waals surface area contributed by atoms with Crippen molar-refractivity contribution in [3.8, 4) is 0 Å². The number of rotatable bonds is 10. The van der Waals surface area contributed by atoms with Crippen LogP contribution in [0, 0.1) is 6.92 Å². The quantitative estimate of drug-likeness (QED) is 0.420. The molecule has 1 aromatic carbocycles. The molecule has 1 fully saturated rings. The Hall–Kier alpha value is -3.08. The maximum Gasteiger partial charge on any atom is 0.347 e. The average Bonchev–Trinajstić information content (AvgIpc) is 3.26. The molecule has 0 amide bonds. The fourth-order valence-electron chi connectivity index (χ4n) is 3.86. The maximum absolute atomic E-state index is 11.4. The van der Waals surface area contributed by atoms with Crippen LogP contribution in [0.15, 0.2) is 36.4 Å². The van der Waals surface area contributed by atoms with Gasteiger partial charge in [-0.3, -0.25) is 4.90 Å². The molecule has 10 heteroatoms. The van der Waals surface area contributed by atoms with Gasteiger partial charge in [0.1, 0.15) is 22.3 Å². The molecule has 3 aromatic rings. The van der Waals surface area contributed by atoms with Crippen LogP contribution < -0.4 is 10.2 Å². The van der Waals surface area contributed by atoms with Gasteiger partial charge < -0.3 is 20.1 Å². The first-order valence-corrected chi connectivity index (χ1v) is 12.3. The van der Waals surface area contributed by atoms with Gasteiger partial charge in [-0.25, -0.2) is 19.7 Å². The van der Waals surface area contributed by atoms with Crippen molar-refractivity contribution in [3.63, 3.8) is 0 Å². The molecule has 0 unspecified atom stereocenters. The Balaban J connectivity index is 1.30. The first-order chi connectivity index (χ1) is 16.5. The van der Waals surface area contributed by atoms with Gasteiger partial charge in [-0.2, -0.15) is 0 Å². The molecule has 180 valence electrons. The van der Waals surface area contributed by atoms with Crippen molar-refractivity contribution in [2.24, 2.45) is 0 Å². The molecular formula is C24H30N6O3S. The number of hydrogen-bond acceptors (Lipinski definition) is 9. The molecule has 1 aliphatic rings. The second-order valence-electron chi connectivity index (χ2n) is 8.10. The van der Waals surface area contributed by atoms with Gasteiger partial charge in [-0.05, 0) is 18.9 Å². The molecule has 1 saturated heterocycles. The molecule has 1 aliphatic heterocycles. The lowest BCUT2D eigenvalue weighted by atomic mass is 10.2. The number of carboxylic acids is 1. The fourth-order valence-corrected chi connectivity index (χ4v) is 4.76. The Bertz CT molecular complexity index is 1100. The summed E-state index contributed by atoms with van der Waals surface area (Å²) in [4.78, 5) is 29.9. The van der Waals surface area contributed by atoms with Gasteiger partial charge in [0.2, 0.25) is 0 Å². The average molecular weight is 483 g/mol. The predicted octanol–water partition coefficient (Wildman–Crippen LogP) is 3.58. The number of benzene rings is 1. The standard InChI is InChI=1S/C24H30N6O3S/c1-3-19-22(23(31)32)34-24(27-19)28-20-15-21(26-17(2)25-20)30-11-9-29(10-12-30)13-14-33-16-18-7-5-4-6-8-18/h4-8,15H,3,9-14,16H2,1-2H3,(H,31,32)(H,25,26,27,28). The summed E-state index contributed by atoms with van der Waals surface area (Å²) in [6.45, 7) is 9.63. The van der Waals surface area contributed by atoms with E-state index in [1.54, 1.807) is 0 Å². The summed E-state index contributed by atoms with van der Waals surface area (Å²) in [5, 5.41) is 13.1. The van der Waals surface area contributed by atoms with Gasteiger partial charge in [-0.15, -0.1) is 0 Å². The van der Waals surface area contributed by atoms with E-state index in [1.165, 1.54) is 5.56 Å². The number of nitrogens with zero attached hydrogens (tertiary/aromatic N) is 5. The van der Waals surface area contributed by atoms with Crippen LogP contribution >= 0.6 is 11.3 Å². The van der Waals surface area contributed by atoms with E-state index < -0.39 is 5.97 Å².